The molecule has 2 aromatic rings. The van der Waals surface area contributed by atoms with Gasteiger partial charge in [-0.2, -0.15) is 0 Å². The van der Waals surface area contributed by atoms with E-state index in [0.717, 1.165) is 0 Å². The number of thioether (sulfide) groups is 1. The minimum Gasteiger partial charge on any atom is -0.455 e. The number of halogens is 1. The molecule has 1 heterocycles. The van der Waals surface area contributed by atoms with Gasteiger partial charge in [0.25, 0.3) is 0 Å². The molecule has 0 radical (unpaired) electrons. The van der Waals surface area contributed by atoms with Crippen molar-refractivity contribution in [2.45, 2.75) is 17.6 Å². The Kier molecular flexibility index (Phi) is 4.31. The number of hydrazine groups is 1. The van der Waals surface area contributed by atoms with Gasteiger partial charge in [0, 0.05) is 16.1 Å². The average molecular weight is 295 g/mol. The molecule has 1 aromatic carbocycles. The van der Waals surface area contributed by atoms with E-state index < -0.39 is 5.91 Å². The maximum Gasteiger partial charge on any atom is 0.301 e. The minimum absolute atomic E-state index is 0.176. The van der Waals surface area contributed by atoms with E-state index in [-0.39, 0.29) is 11.6 Å². The average Bonchev–Trinajstić information content (AvgIpc) is 2.80. The first-order chi connectivity index (χ1) is 9.51. The van der Waals surface area contributed by atoms with Gasteiger partial charge >= 0.3 is 5.91 Å². The zero-order chi connectivity index (χ0) is 14.7. The summed E-state index contributed by atoms with van der Waals surface area (Å²) in [6, 6.07) is 5.93. The molecular weight excluding hydrogens is 281 g/mol. The molecule has 0 atom stereocenters. The van der Waals surface area contributed by atoms with Crippen molar-refractivity contribution in [3.05, 3.63) is 47.2 Å². The Morgan fingerprint density at radius 1 is 1.45 bits per heavy atom. The van der Waals surface area contributed by atoms with Crippen LogP contribution in [-0.2, 0) is 5.75 Å². The van der Waals surface area contributed by atoms with E-state index in [0.29, 0.717) is 27.7 Å². The highest BCUT2D eigenvalue weighted by Gasteiger charge is 2.15. The number of furan rings is 1. The highest BCUT2D eigenvalue weighted by atomic mass is 32.2. The first-order valence-corrected chi connectivity index (χ1v) is 6.78. The van der Waals surface area contributed by atoms with Gasteiger partial charge in [0.15, 0.2) is 5.76 Å². The van der Waals surface area contributed by atoms with Crippen molar-refractivity contribution in [2.24, 2.45) is 5.84 Å². The van der Waals surface area contributed by atoms with Crippen molar-refractivity contribution in [3.63, 3.8) is 0 Å². The molecule has 0 spiro atoms. The van der Waals surface area contributed by atoms with Crippen LogP contribution < -0.4 is 17.0 Å². The van der Waals surface area contributed by atoms with Gasteiger partial charge in [0.2, 0.25) is 0 Å². The molecule has 20 heavy (non-hydrogen) atoms. The van der Waals surface area contributed by atoms with E-state index in [4.69, 9.17) is 16.0 Å². The number of benzene rings is 1. The van der Waals surface area contributed by atoms with Gasteiger partial charge in [-0.05, 0) is 31.2 Å². The normalized spacial score (nSPS) is 10.6. The lowest BCUT2D eigenvalue weighted by Gasteiger charge is -2.03. The molecule has 0 aliphatic rings. The number of aryl methyl sites for hydroxylation is 1. The van der Waals surface area contributed by atoms with Crippen LogP contribution in [0.4, 0.5) is 10.1 Å². The second-order valence-electron chi connectivity index (χ2n) is 4.17. The highest BCUT2D eigenvalue weighted by Crippen LogP contribution is 2.30. The molecule has 0 bridgehead atoms. The van der Waals surface area contributed by atoms with Gasteiger partial charge in [-0.3, -0.25) is 10.2 Å². The Bertz CT molecular complexity index is 643. The van der Waals surface area contributed by atoms with Crippen molar-refractivity contribution < 1.29 is 13.6 Å². The lowest BCUT2D eigenvalue weighted by Crippen LogP contribution is -2.30. The summed E-state index contributed by atoms with van der Waals surface area (Å²) in [5.41, 5.74) is 8.97. The fourth-order valence-corrected chi connectivity index (χ4v) is 2.56. The number of nitrogens with one attached hydrogen (secondary N) is 1. The van der Waals surface area contributed by atoms with Crippen molar-refractivity contribution in [3.8, 4) is 0 Å². The van der Waals surface area contributed by atoms with Crippen LogP contribution in [0, 0.1) is 12.7 Å². The molecule has 1 amide bonds. The van der Waals surface area contributed by atoms with Crippen molar-refractivity contribution in [1.29, 1.82) is 0 Å². The largest absolute Gasteiger partial charge is 0.455 e. The fraction of sp³-hybridized carbons (Fsp3) is 0.154. The van der Waals surface area contributed by atoms with Gasteiger partial charge < -0.3 is 10.2 Å². The van der Waals surface area contributed by atoms with E-state index in [2.05, 4.69) is 0 Å². The van der Waals surface area contributed by atoms with Gasteiger partial charge in [-0.25, -0.2) is 10.2 Å². The molecule has 0 unspecified atom stereocenters. The number of rotatable bonds is 4. The highest BCUT2D eigenvalue weighted by molar-refractivity contribution is 7.98. The van der Waals surface area contributed by atoms with E-state index in [1.165, 1.54) is 30.0 Å². The first kappa shape index (κ1) is 14.4. The molecule has 0 aliphatic carbocycles. The summed E-state index contributed by atoms with van der Waals surface area (Å²) in [5.74, 6) is 5.44. The predicted octanol–water partition coefficient (Wildman–Crippen LogP) is 2.21. The number of anilines is 1. The van der Waals surface area contributed by atoms with Crippen LogP contribution in [0.5, 0.6) is 0 Å². The second kappa shape index (κ2) is 5.98. The van der Waals surface area contributed by atoms with Crippen molar-refractivity contribution >= 4 is 23.4 Å². The predicted molar refractivity (Wildman–Crippen MR) is 75.5 cm³/mol. The van der Waals surface area contributed by atoms with Gasteiger partial charge in [0.05, 0.1) is 5.75 Å². The van der Waals surface area contributed by atoms with Crippen LogP contribution in [0.25, 0.3) is 0 Å². The van der Waals surface area contributed by atoms with Crippen LogP contribution in [-0.4, -0.2) is 5.91 Å². The molecule has 0 saturated heterocycles. The van der Waals surface area contributed by atoms with Crippen LogP contribution in [0.1, 0.15) is 21.9 Å². The third-order valence-corrected chi connectivity index (χ3v) is 3.75. The van der Waals surface area contributed by atoms with Crippen LogP contribution in [0.3, 0.4) is 0 Å². The number of carbonyl (C=O) groups excluding carboxylic acids is 1. The summed E-state index contributed by atoms with van der Waals surface area (Å²) in [6.07, 6.45) is 0. The summed E-state index contributed by atoms with van der Waals surface area (Å²) in [7, 11) is 0. The molecule has 0 fully saturated rings. The third-order valence-electron chi connectivity index (χ3n) is 2.65. The first-order valence-electron chi connectivity index (χ1n) is 5.79. The van der Waals surface area contributed by atoms with Crippen LogP contribution in [0.2, 0.25) is 0 Å². The van der Waals surface area contributed by atoms with E-state index >= 15 is 0 Å². The summed E-state index contributed by atoms with van der Waals surface area (Å²) in [6.45, 7) is 1.75. The Balaban J connectivity index is 2.11. The molecule has 5 N–H and O–H groups in total. The van der Waals surface area contributed by atoms with Gasteiger partial charge in [-0.15, -0.1) is 11.8 Å². The number of hydrogen-bond acceptors (Lipinski definition) is 5. The maximum atomic E-state index is 13.1. The molecule has 0 saturated carbocycles. The molecule has 1 aromatic heterocycles. The monoisotopic (exact) mass is 295 g/mol. The van der Waals surface area contributed by atoms with E-state index in [1.807, 2.05) is 5.43 Å². The van der Waals surface area contributed by atoms with Crippen molar-refractivity contribution in [1.82, 2.24) is 5.43 Å². The third kappa shape index (κ3) is 3.12. The number of amides is 1. The molecule has 2 rings (SSSR count). The summed E-state index contributed by atoms with van der Waals surface area (Å²) in [5, 5.41) is 0. The lowest BCUT2D eigenvalue weighted by molar-refractivity contribution is 0.0923. The number of carbonyl (C=O) groups is 1. The number of nitrogen functional groups attached to an aromatic ring is 2. The van der Waals surface area contributed by atoms with Crippen molar-refractivity contribution in [2.75, 3.05) is 5.73 Å². The lowest BCUT2D eigenvalue weighted by atomic mass is 10.2. The minimum atomic E-state index is -0.482. The summed E-state index contributed by atoms with van der Waals surface area (Å²) < 4.78 is 18.5. The Morgan fingerprint density at radius 2 is 2.20 bits per heavy atom. The maximum absolute atomic E-state index is 13.1. The SMILES string of the molecule is Cc1cc(CSc2cc(F)ccc2N)oc1C(=O)NN. The molecule has 7 heteroatoms. The van der Waals surface area contributed by atoms with Crippen LogP contribution >= 0.6 is 11.8 Å². The number of nitrogens with two attached hydrogens (primary N) is 2. The topological polar surface area (TPSA) is 94.3 Å². The zero-order valence-electron chi connectivity index (χ0n) is 10.8. The summed E-state index contributed by atoms with van der Waals surface area (Å²) in [4.78, 5) is 12.0. The standard InChI is InChI=1S/C13H14FN3O2S/c1-7-4-9(19-12(7)13(18)17-16)6-20-11-5-8(14)2-3-10(11)15/h2-5H,6,15-16H2,1H3,(H,17,18). The Morgan fingerprint density at radius 3 is 2.90 bits per heavy atom. The van der Waals surface area contributed by atoms with Crippen LogP contribution in [0.15, 0.2) is 33.6 Å². The van der Waals surface area contributed by atoms with E-state index in [9.17, 15) is 9.18 Å². The zero-order valence-corrected chi connectivity index (χ0v) is 11.6. The molecule has 0 aliphatic heterocycles. The van der Waals surface area contributed by atoms with E-state index in [1.54, 1.807) is 13.0 Å². The van der Waals surface area contributed by atoms with Gasteiger partial charge in [-0.1, -0.05) is 0 Å². The second-order valence-corrected chi connectivity index (χ2v) is 5.19. The molecular formula is C13H14FN3O2S. The Hall–Kier alpha value is -1.99. The summed E-state index contributed by atoms with van der Waals surface area (Å²) >= 11 is 1.33. The Labute approximate surface area is 119 Å². The molecule has 5 nitrogen and oxygen atoms in total. The molecule has 106 valence electrons. The smallest absolute Gasteiger partial charge is 0.301 e. The number of hydrogen-bond donors (Lipinski definition) is 3. The fourth-order valence-electron chi connectivity index (χ4n) is 1.69. The van der Waals surface area contributed by atoms with Gasteiger partial charge in [0.1, 0.15) is 11.6 Å². The quantitative estimate of drug-likeness (QED) is 0.264.